The van der Waals surface area contributed by atoms with E-state index in [0.717, 1.165) is 24.3 Å². The Labute approximate surface area is 232 Å². The van der Waals surface area contributed by atoms with Gasteiger partial charge < -0.3 is 24.7 Å². The maximum absolute atomic E-state index is 12.3. The van der Waals surface area contributed by atoms with Crippen LogP contribution in [0.25, 0.3) is 0 Å². The molecule has 0 aliphatic rings. The first-order valence-electron chi connectivity index (χ1n) is 10.3. The van der Waals surface area contributed by atoms with Gasteiger partial charge in [0.25, 0.3) is 10.1 Å². The number of rotatable bonds is 10. The van der Waals surface area contributed by atoms with E-state index in [1.54, 1.807) is 24.3 Å². The Morgan fingerprint density at radius 3 is 1.97 bits per heavy atom. The van der Waals surface area contributed by atoms with Gasteiger partial charge in [0.05, 0.1) is 27.6 Å². The van der Waals surface area contributed by atoms with E-state index in [4.69, 9.17) is 14.0 Å². The number of hydrogen-bond donors (Lipinski definition) is 2. The summed E-state index contributed by atoms with van der Waals surface area (Å²) in [4.78, 5) is 22.7. The molecule has 0 aliphatic heterocycles. The predicted octanol–water partition coefficient (Wildman–Crippen LogP) is -2.02. The van der Waals surface area contributed by atoms with Crippen LogP contribution in [0.3, 0.4) is 0 Å². The van der Waals surface area contributed by atoms with E-state index >= 15 is 0 Å². The summed E-state index contributed by atoms with van der Waals surface area (Å²) < 4.78 is 66.2. The van der Waals surface area contributed by atoms with Crippen molar-refractivity contribution in [2.45, 2.75) is 48.6 Å². The molecule has 2 aromatic rings. The fourth-order valence-corrected chi connectivity index (χ4v) is 4.41. The van der Waals surface area contributed by atoms with Gasteiger partial charge in [-0.1, -0.05) is 12.1 Å². The Bertz CT molecular complexity index is 1250. The number of sulfone groups is 1. The minimum absolute atomic E-state index is 0. The molecule has 0 heterocycles. The Kier molecular flexibility index (Phi) is 11.4. The zero-order valence-corrected chi connectivity index (χ0v) is 23.9. The zero-order chi connectivity index (χ0) is 26.4. The molecule has 11 nitrogen and oxygen atoms in total. The minimum Gasteiger partial charge on any atom is -0.548 e. The number of carbonyl (C=O) groups is 2. The third-order valence-corrected chi connectivity index (χ3v) is 6.99. The molecule has 0 aliphatic carbocycles. The van der Waals surface area contributed by atoms with Crippen LogP contribution in [0.15, 0.2) is 58.3 Å². The number of carbonyl (C=O) groups excluding carboxylic acids is 2. The van der Waals surface area contributed by atoms with Crippen LogP contribution >= 0.6 is 0 Å². The number of benzene rings is 2. The molecule has 1 amide bonds. The van der Waals surface area contributed by atoms with E-state index in [1.165, 1.54) is 0 Å². The average molecular weight is 552 g/mol. The molecular weight excluding hydrogens is 525 g/mol. The molecule has 2 N–H and O–H groups in total. The van der Waals surface area contributed by atoms with Crippen molar-refractivity contribution < 1.29 is 75.1 Å². The maximum Gasteiger partial charge on any atom is 1.00 e. The second-order valence-corrected chi connectivity index (χ2v) is 12.0. The molecule has 192 valence electrons. The molecule has 0 aromatic heterocycles. The third kappa shape index (κ3) is 10.4. The summed E-state index contributed by atoms with van der Waals surface area (Å²) in [7, 11) is -8.43. The fraction of sp³-hybridized carbons (Fsp3) is 0.364. The first-order chi connectivity index (χ1) is 16.1. The summed E-state index contributed by atoms with van der Waals surface area (Å²) in [6, 6.07) is 9.00. The van der Waals surface area contributed by atoms with Crippen LogP contribution in [-0.2, 0) is 35.9 Å². The van der Waals surface area contributed by atoms with Crippen LogP contribution in [0, 0.1) is 0 Å². The zero-order valence-electron chi connectivity index (χ0n) is 20.3. The van der Waals surface area contributed by atoms with Crippen molar-refractivity contribution in [3.05, 3.63) is 54.1 Å². The molecule has 0 saturated heterocycles. The number of carboxylic acid groups (broad SMARTS) is 1. The van der Waals surface area contributed by atoms with Gasteiger partial charge >= 0.3 is 35.7 Å². The fourth-order valence-electron chi connectivity index (χ4n) is 2.84. The molecule has 0 saturated carbocycles. The van der Waals surface area contributed by atoms with E-state index < -0.39 is 60.9 Å². The second-order valence-electron chi connectivity index (χ2n) is 8.48. The van der Waals surface area contributed by atoms with Crippen molar-refractivity contribution >= 4 is 32.0 Å². The average Bonchev–Trinajstić information content (AvgIpc) is 2.73. The molecule has 1 atom stereocenters. The molecule has 2 rings (SSSR count). The first kappa shape index (κ1) is 31.9. The van der Waals surface area contributed by atoms with Gasteiger partial charge in [-0.2, -0.15) is 8.42 Å². The van der Waals surface area contributed by atoms with Crippen LogP contribution in [0.2, 0.25) is 0 Å². The molecule has 0 unspecified atom stereocenters. The number of carboxylic acids is 1. The predicted molar refractivity (Wildman–Crippen MR) is 122 cm³/mol. The summed E-state index contributed by atoms with van der Waals surface area (Å²) >= 11 is 0. The standard InChI is InChI=1S/C22H27NO10S2.Na/c1-22(2,3)33-16-6-4-15(5-7-16)14-19(20(24)25)23-21(26)32-12-13-34(27,28)17-8-10-18(11-9-17)35(29,30)31;/h4-11,19H,12-14H2,1-3H3,(H,23,26)(H,24,25)(H,29,30,31);/q;+1/p-1/t19-;/m0./s1. The van der Waals surface area contributed by atoms with Crippen LogP contribution in [0.5, 0.6) is 5.75 Å². The van der Waals surface area contributed by atoms with E-state index in [1.807, 2.05) is 20.8 Å². The summed E-state index contributed by atoms with van der Waals surface area (Å²) in [5, 5.41) is 13.6. The normalized spacial score (nSPS) is 12.7. The Balaban J connectivity index is 0.00000648. The topological polar surface area (TPSA) is 176 Å². The Hall–Kier alpha value is -2.16. The van der Waals surface area contributed by atoms with Crippen molar-refractivity contribution in [1.29, 1.82) is 0 Å². The molecule has 0 bridgehead atoms. The first-order valence-corrected chi connectivity index (χ1v) is 13.4. The van der Waals surface area contributed by atoms with Gasteiger partial charge in [0.15, 0.2) is 9.84 Å². The number of alkyl carbamates (subject to hydrolysis) is 1. The largest absolute Gasteiger partial charge is 1.00 e. The number of amides is 1. The van der Waals surface area contributed by atoms with Crippen molar-refractivity contribution in [1.82, 2.24) is 5.32 Å². The van der Waals surface area contributed by atoms with Crippen LogP contribution in [-0.4, -0.2) is 57.5 Å². The smallest absolute Gasteiger partial charge is 0.548 e. The summed E-state index contributed by atoms with van der Waals surface area (Å²) in [5.74, 6) is -1.60. The number of hydrogen-bond acceptors (Lipinski definition) is 9. The quantitative estimate of drug-likeness (QED) is 0.247. The van der Waals surface area contributed by atoms with Gasteiger partial charge in [-0.25, -0.2) is 13.2 Å². The second kappa shape index (κ2) is 12.9. The van der Waals surface area contributed by atoms with Gasteiger partial charge in [-0.3, -0.25) is 4.55 Å². The van der Waals surface area contributed by atoms with Crippen LogP contribution in [0.1, 0.15) is 26.3 Å². The van der Waals surface area contributed by atoms with Crippen LogP contribution < -0.4 is 44.7 Å². The Morgan fingerprint density at radius 1 is 0.972 bits per heavy atom. The third-order valence-electron chi connectivity index (χ3n) is 4.43. The van der Waals surface area contributed by atoms with Gasteiger partial charge in [0.1, 0.15) is 18.0 Å². The number of nitrogens with one attached hydrogen (secondary N) is 1. The molecule has 0 fully saturated rings. The van der Waals surface area contributed by atoms with Crippen LogP contribution in [0.4, 0.5) is 4.79 Å². The van der Waals surface area contributed by atoms with E-state index in [9.17, 15) is 31.5 Å². The van der Waals surface area contributed by atoms with Crippen molar-refractivity contribution in [2.24, 2.45) is 0 Å². The molecule has 2 aromatic carbocycles. The molecular formula is C22H26NNaO10S2. The molecule has 14 heteroatoms. The van der Waals surface area contributed by atoms with Gasteiger partial charge in [0.2, 0.25) is 0 Å². The Morgan fingerprint density at radius 2 is 1.50 bits per heavy atom. The van der Waals surface area contributed by atoms with Crippen molar-refractivity contribution in [3.8, 4) is 5.75 Å². The molecule has 0 radical (unpaired) electrons. The summed E-state index contributed by atoms with van der Waals surface area (Å²) in [6.07, 6.45) is -1.25. The van der Waals surface area contributed by atoms with Gasteiger partial charge in [-0.15, -0.1) is 0 Å². The van der Waals surface area contributed by atoms with Gasteiger partial charge in [-0.05, 0) is 69.2 Å². The molecule has 0 spiro atoms. The monoisotopic (exact) mass is 551 g/mol. The van der Waals surface area contributed by atoms with E-state index in [-0.39, 0.29) is 40.9 Å². The maximum atomic E-state index is 12.3. The van der Waals surface area contributed by atoms with E-state index in [0.29, 0.717) is 11.3 Å². The molecule has 36 heavy (non-hydrogen) atoms. The van der Waals surface area contributed by atoms with Gasteiger partial charge in [0, 0.05) is 0 Å². The summed E-state index contributed by atoms with van der Waals surface area (Å²) in [6.45, 7) is 5.06. The van der Waals surface area contributed by atoms with Crippen molar-refractivity contribution in [2.75, 3.05) is 12.4 Å². The number of aliphatic carboxylic acids is 1. The van der Waals surface area contributed by atoms with E-state index in [2.05, 4.69) is 5.32 Å². The minimum atomic E-state index is -4.48. The number of ether oxygens (including phenoxy) is 2. The summed E-state index contributed by atoms with van der Waals surface area (Å²) in [5.41, 5.74) is 0.175. The SMILES string of the molecule is CC(C)(C)Oc1ccc(C[C@H](NC(=O)OCCS(=O)(=O)c2ccc(S(=O)(=O)O)cc2)C(=O)[O-])cc1.[Na+]. The van der Waals surface area contributed by atoms with Crippen molar-refractivity contribution in [3.63, 3.8) is 0 Å².